The number of rotatable bonds is 8. The lowest BCUT2D eigenvalue weighted by Gasteiger charge is -2.23. The number of aromatic nitrogens is 3. The molecule has 0 saturated carbocycles. The van der Waals surface area contributed by atoms with Crippen molar-refractivity contribution in [1.29, 1.82) is 0 Å². The third-order valence-corrected chi connectivity index (χ3v) is 9.13. The predicted molar refractivity (Wildman–Crippen MR) is 174 cm³/mol. The van der Waals surface area contributed by atoms with E-state index in [1.807, 2.05) is 25.1 Å². The molecule has 0 spiro atoms. The number of nitrogens with zero attached hydrogens (tertiary/aromatic N) is 4. The number of hydrogen-bond acceptors (Lipinski definition) is 4. The van der Waals surface area contributed by atoms with E-state index < -0.39 is 18.7 Å². The van der Waals surface area contributed by atoms with Crippen molar-refractivity contribution in [3.8, 4) is 16.9 Å². The Morgan fingerprint density at radius 2 is 1.83 bits per heavy atom. The topological polar surface area (TPSA) is 72.5 Å². The zero-order chi connectivity index (χ0) is 33.5. The number of halogens is 5. The summed E-state index contributed by atoms with van der Waals surface area (Å²) in [5.74, 6) is -0.811. The lowest BCUT2D eigenvalue weighted by Crippen LogP contribution is -2.35. The smallest absolute Gasteiger partial charge is 0.401 e. The van der Waals surface area contributed by atoms with Crippen molar-refractivity contribution in [3.63, 3.8) is 0 Å². The Kier molecular flexibility index (Phi) is 9.22. The summed E-state index contributed by atoms with van der Waals surface area (Å²) in [6, 6.07) is 13.5. The van der Waals surface area contributed by atoms with Crippen LogP contribution in [0.4, 0.5) is 17.6 Å². The molecular weight excluding hydrogens is 636 g/mol. The van der Waals surface area contributed by atoms with Crippen molar-refractivity contribution in [1.82, 2.24) is 19.2 Å². The first-order valence-corrected chi connectivity index (χ1v) is 16.1. The van der Waals surface area contributed by atoms with E-state index in [0.717, 1.165) is 21.9 Å². The molecule has 1 aliphatic heterocycles. The molecule has 248 valence electrons. The molecule has 0 radical (unpaired) electrons. The summed E-state index contributed by atoms with van der Waals surface area (Å²) in [4.78, 5) is 14.3. The molecule has 12 heteroatoms. The van der Waals surface area contributed by atoms with E-state index >= 15 is 0 Å². The summed E-state index contributed by atoms with van der Waals surface area (Å²) in [5.41, 5.74) is 3.95. The third-order valence-electron chi connectivity index (χ3n) is 8.82. The summed E-state index contributed by atoms with van der Waals surface area (Å²) in [5, 5.41) is 17.9. The van der Waals surface area contributed by atoms with Gasteiger partial charge in [-0.25, -0.2) is 9.18 Å². The lowest BCUT2D eigenvalue weighted by atomic mass is 9.97. The molecule has 47 heavy (non-hydrogen) atoms. The molecule has 0 saturated heterocycles. The maximum atomic E-state index is 13.8. The highest BCUT2D eigenvalue weighted by Crippen LogP contribution is 2.43. The third kappa shape index (κ3) is 6.56. The van der Waals surface area contributed by atoms with Gasteiger partial charge in [-0.15, -0.1) is 0 Å². The highest BCUT2D eigenvalue weighted by atomic mass is 35.5. The molecule has 5 aromatic rings. The minimum Gasteiger partial charge on any atom is -0.493 e. The molecule has 0 unspecified atom stereocenters. The van der Waals surface area contributed by atoms with Crippen LogP contribution in [0.3, 0.4) is 0 Å². The molecule has 1 N–H and O–H groups in total. The molecule has 0 fully saturated rings. The van der Waals surface area contributed by atoms with Gasteiger partial charge in [0.1, 0.15) is 17.3 Å². The van der Waals surface area contributed by atoms with Crippen LogP contribution in [0.2, 0.25) is 5.02 Å². The van der Waals surface area contributed by atoms with Crippen molar-refractivity contribution < 1.29 is 32.2 Å². The molecule has 0 atom stereocenters. The second kappa shape index (κ2) is 13.2. The molecule has 2 aromatic heterocycles. The number of ether oxygens (including phenoxy) is 1. The van der Waals surface area contributed by atoms with Crippen LogP contribution in [0.25, 0.3) is 32.8 Å². The lowest BCUT2D eigenvalue weighted by molar-refractivity contribution is -0.147. The number of alkyl halides is 3. The van der Waals surface area contributed by atoms with Gasteiger partial charge in [0.2, 0.25) is 0 Å². The maximum Gasteiger partial charge on any atom is 0.401 e. The molecule has 0 amide bonds. The van der Waals surface area contributed by atoms with Crippen molar-refractivity contribution >= 4 is 39.2 Å². The number of benzene rings is 3. The van der Waals surface area contributed by atoms with Crippen molar-refractivity contribution in [2.75, 3.05) is 19.7 Å². The number of carboxylic acids is 1. The van der Waals surface area contributed by atoms with E-state index in [1.165, 1.54) is 17.0 Å². The quantitative estimate of drug-likeness (QED) is 0.133. The second-order valence-corrected chi connectivity index (χ2v) is 12.4. The summed E-state index contributed by atoms with van der Waals surface area (Å²) in [6.45, 7) is 1.63. The Morgan fingerprint density at radius 1 is 1.06 bits per heavy atom. The number of hydrogen-bond donors (Lipinski definition) is 1. The highest BCUT2D eigenvalue weighted by Gasteiger charge is 2.34. The predicted octanol–water partition coefficient (Wildman–Crippen LogP) is 8.42. The maximum absolute atomic E-state index is 13.8. The number of aryl methyl sites for hydroxylation is 3. The van der Waals surface area contributed by atoms with Gasteiger partial charge in [-0.3, -0.25) is 9.58 Å². The fourth-order valence-electron chi connectivity index (χ4n) is 6.94. The van der Waals surface area contributed by atoms with Crippen LogP contribution in [0.5, 0.6) is 5.75 Å². The fourth-order valence-corrected chi connectivity index (χ4v) is 7.19. The van der Waals surface area contributed by atoms with E-state index in [9.17, 15) is 27.5 Å². The first kappa shape index (κ1) is 32.8. The number of carboxylic acid groups (broad SMARTS) is 1. The monoisotopic (exact) mass is 670 g/mol. The van der Waals surface area contributed by atoms with Crippen molar-refractivity contribution in [3.05, 3.63) is 82.0 Å². The number of carbonyl (C=O) groups is 1. The van der Waals surface area contributed by atoms with E-state index in [1.54, 1.807) is 34.5 Å². The summed E-state index contributed by atoms with van der Waals surface area (Å²) in [6.07, 6.45) is -2.04. The number of fused-ring (bicyclic) bond motifs is 3. The van der Waals surface area contributed by atoms with Gasteiger partial charge in [-0.05, 0) is 79.9 Å². The molecule has 7 nitrogen and oxygen atoms in total. The first-order chi connectivity index (χ1) is 22.5. The Morgan fingerprint density at radius 3 is 2.57 bits per heavy atom. The van der Waals surface area contributed by atoms with E-state index in [2.05, 4.69) is 5.10 Å². The average Bonchev–Trinajstić information content (AvgIpc) is 3.48. The Labute approximate surface area is 274 Å². The fraction of sp³-hybridized carbons (Fsp3) is 0.371. The van der Waals surface area contributed by atoms with E-state index in [-0.39, 0.29) is 24.6 Å². The minimum atomic E-state index is -4.38. The molecule has 0 aliphatic carbocycles. The van der Waals surface area contributed by atoms with Crippen LogP contribution < -0.4 is 4.74 Å². The van der Waals surface area contributed by atoms with Crippen LogP contribution >= 0.6 is 11.6 Å². The normalized spacial score (nSPS) is 14.4. The van der Waals surface area contributed by atoms with E-state index in [0.29, 0.717) is 83.9 Å². The minimum absolute atomic E-state index is 0.0209. The van der Waals surface area contributed by atoms with Crippen LogP contribution in [0.15, 0.2) is 48.5 Å². The van der Waals surface area contributed by atoms with Crippen molar-refractivity contribution in [2.24, 2.45) is 7.05 Å². The van der Waals surface area contributed by atoms with Gasteiger partial charge in [0.15, 0.2) is 0 Å². The molecule has 3 heterocycles. The molecule has 6 rings (SSSR count). The zero-order valence-electron chi connectivity index (χ0n) is 26.1. The van der Waals surface area contributed by atoms with Gasteiger partial charge >= 0.3 is 12.1 Å². The van der Waals surface area contributed by atoms with Gasteiger partial charge in [0.05, 0.1) is 29.4 Å². The van der Waals surface area contributed by atoms with Crippen LogP contribution in [-0.4, -0.2) is 56.2 Å². The summed E-state index contributed by atoms with van der Waals surface area (Å²) < 4.78 is 64.1. The Hall–Kier alpha value is -4.09. The first-order valence-electron chi connectivity index (χ1n) is 15.7. The molecule has 3 aromatic carbocycles. The van der Waals surface area contributed by atoms with Gasteiger partial charge in [-0.2, -0.15) is 18.3 Å². The summed E-state index contributed by atoms with van der Waals surface area (Å²) >= 11 is 6.94. The van der Waals surface area contributed by atoms with E-state index in [4.69, 9.17) is 16.3 Å². The molecule has 0 bridgehead atoms. The van der Waals surface area contributed by atoms with Crippen LogP contribution in [0, 0.1) is 5.82 Å². The molecule has 1 aliphatic rings. The van der Waals surface area contributed by atoms with Crippen LogP contribution in [-0.2, 0) is 33.0 Å². The van der Waals surface area contributed by atoms with Gasteiger partial charge < -0.3 is 14.4 Å². The SMILES string of the molecule is CCc1c2c(nn1C)CN(CC(F)(F)F)CCCCn1c(C(=O)O)c(CCCOc3cccc4cc(F)ccc34)c3ccc(Cl)c-2c31. The average molecular weight is 671 g/mol. The number of aromatic carboxylic acids is 1. The molecular formula is C35H35ClF4N4O3. The summed E-state index contributed by atoms with van der Waals surface area (Å²) in [7, 11) is 1.76. The Bertz CT molecular complexity index is 1970. The zero-order valence-corrected chi connectivity index (χ0v) is 26.9. The Balaban J connectivity index is 1.43. The van der Waals surface area contributed by atoms with Crippen molar-refractivity contribution in [2.45, 2.75) is 58.3 Å². The highest BCUT2D eigenvalue weighted by molar-refractivity contribution is 6.35. The van der Waals surface area contributed by atoms with Gasteiger partial charge in [0.25, 0.3) is 0 Å². The second-order valence-electron chi connectivity index (χ2n) is 12.0. The largest absolute Gasteiger partial charge is 0.493 e. The van der Waals surface area contributed by atoms with Crippen LogP contribution in [0.1, 0.15) is 53.6 Å². The van der Waals surface area contributed by atoms with Gasteiger partial charge in [0, 0.05) is 47.7 Å². The van der Waals surface area contributed by atoms with Gasteiger partial charge in [-0.1, -0.05) is 36.7 Å². The standard InChI is InChI=1S/C35H35ClF4N4O3/c1-3-28-31-27(41-42(28)2)19-43(20-35(38,39)40)15-4-5-16-44-32-25(13-14-26(36)30(31)32)24(33(44)34(45)46)9-7-17-47-29-10-6-8-21-18-22(37)11-12-23(21)29/h6,8,10-14,18H,3-5,7,9,15-17,19-20H2,1-2H3,(H,45,46).